The van der Waals surface area contributed by atoms with Crippen molar-refractivity contribution in [3.05, 3.63) is 58.7 Å². The number of carbonyl (C=O) groups excluding carboxylic acids is 1. The summed E-state index contributed by atoms with van der Waals surface area (Å²) in [7, 11) is 3.21. The van der Waals surface area contributed by atoms with Crippen molar-refractivity contribution >= 4 is 5.91 Å². The van der Waals surface area contributed by atoms with Gasteiger partial charge in [-0.25, -0.2) is 0 Å². The molecule has 0 heterocycles. The van der Waals surface area contributed by atoms with Crippen molar-refractivity contribution in [3.8, 4) is 17.6 Å². The molecule has 1 amide bonds. The predicted molar refractivity (Wildman–Crippen MR) is 89.2 cm³/mol. The fourth-order valence-electron chi connectivity index (χ4n) is 3.05. The van der Waals surface area contributed by atoms with Crippen LogP contribution in [0, 0.1) is 11.3 Å². The van der Waals surface area contributed by atoms with Crippen molar-refractivity contribution in [2.24, 2.45) is 0 Å². The van der Waals surface area contributed by atoms with Gasteiger partial charge >= 0.3 is 0 Å². The van der Waals surface area contributed by atoms with E-state index in [1.807, 2.05) is 18.2 Å². The van der Waals surface area contributed by atoms with Gasteiger partial charge in [-0.3, -0.25) is 4.79 Å². The molecule has 5 heteroatoms. The van der Waals surface area contributed by atoms with Crippen molar-refractivity contribution in [1.29, 1.82) is 5.26 Å². The van der Waals surface area contributed by atoms with Crippen molar-refractivity contribution < 1.29 is 14.3 Å². The molecule has 1 aliphatic rings. The number of fused-ring (bicyclic) bond motifs is 1. The Morgan fingerprint density at radius 2 is 1.96 bits per heavy atom. The minimum Gasteiger partial charge on any atom is -0.493 e. The number of amides is 1. The Balaban J connectivity index is 1.84. The highest BCUT2D eigenvalue weighted by Crippen LogP contribution is 2.39. The highest BCUT2D eigenvalue weighted by molar-refractivity contribution is 5.94. The summed E-state index contributed by atoms with van der Waals surface area (Å²) in [5.41, 5.74) is 3.17. The lowest BCUT2D eigenvalue weighted by Gasteiger charge is -2.16. The topological polar surface area (TPSA) is 71.3 Å². The first kappa shape index (κ1) is 15.9. The standard InChI is InChI=1S/C19H18N2O3/c1-23-17-9-13-6-7-16(15(13)10-18(17)24-2)21-19(22)14-5-3-4-12(8-14)11-20/h3-5,8-10,16H,6-7H2,1-2H3,(H,21,22). The number of rotatable bonds is 4. The molecule has 0 spiro atoms. The maximum atomic E-state index is 12.5. The Hall–Kier alpha value is -3.00. The van der Waals surface area contributed by atoms with E-state index in [-0.39, 0.29) is 11.9 Å². The first-order chi connectivity index (χ1) is 11.7. The number of ether oxygens (including phenoxy) is 2. The highest BCUT2D eigenvalue weighted by atomic mass is 16.5. The predicted octanol–water partition coefficient (Wildman–Crippen LogP) is 2.99. The number of nitriles is 1. The van der Waals surface area contributed by atoms with E-state index in [0.717, 1.165) is 24.0 Å². The van der Waals surface area contributed by atoms with Gasteiger partial charge in [0.1, 0.15) is 0 Å². The molecule has 0 saturated heterocycles. The fraction of sp³-hybridized carbons (Fsp3) is 0.263. The van der Waals surface area contributed by atoms with Crippen LogP contribution >= 0.6 is 0 Å². The van der Waals surface area contributed by atoms with E-state index in [2.05, 4.69) is 5.32 Å². The molecule has 5 nitrogen and oxygen atoms in total. The van der Waals surface area contributed by atoms with Gasteiger partial charge < -0.3 is 14.8 Å². The summed E-state index contributed by atoms with van der Waals surface area (Å²) < 4.78 is 10.7. The average Bonchev–Trinajstić information content (AvgIpc) is 3.02. The highest BCUT2D eigenvalue weighted by Gasteiger charge is 2.26. The zero-order valence-corrected chi connectivity index (χ0v) is 13.6. The largest absolute Gasteiger partial charge is 0.493 e. The maximum absolute atomic E-state index is 12.5. The lowest BCUT2D eigenvalue weighted by atomic mass is 10.1. The average molecular weight is 322 g/mol. The Morgan fingerprint density at radius 3 is 2.67 bits per heavy atom. The minimum absolute atomic E-state index is 0.0713. The van der Waals surface area contributed by atoms with Crippen LogP contribution in [0.15, 0.2) is 36.4 Å². The van der Waals surface area contributed by atoms with Crippen LogP contribution in [0.2, 0.25) is 0 Å². The number of hydrogen-bond acceptors (Lipinski definition) is 4. The molecule has 1 aliphatic carbocycles. The van der Waals surface area contributed by atoms with Gasteiger partial charge in [0, 0.05) is 5.56 Å². The van der Waals surface area contributed by atoms with Gasteiger partial charge in [-0.1, -0.05) is 6.07 Å². The molecule has 0 saturated carbocycles. The Morgan fingerprint density at radius 1 is 1.21 bits per heavy atom. The van der Waals surface area contributed by atoms with Crippen LogP contribution in [0.25, 0.3) is 0 Å². The number of benzene rings is 2. The molecule has 1 unspecified atom stereocenters. The molecule has 0 aromatic heterocycles. The zero-order valence-electron chi connectivity index (χ0n) is 13.6. The summed E-state index contributed by atoms with van der Waals surface area (Å²) in [6.45, 7) is 0. The van der Waals surface area contributed by atoms with Gasteiger partial charge in [0.25, 0.3) is 5.91 Å². The molecular weight excluding hydrogens is 304 g/mol. The van der Waals surface area contributed by atoms with Crippen molar-refractivity contribution in [2.75, 3.05) is 14.2 Å². The summed E-state index contributed by atoms with van der Waals surface area (Å²) in [4.78, 5) is 12.5. The zero-order chi connectivity index (χ0) is 17.1. The van der Waals surface area contributed by atoms with Crippen LogP contribution in [-0.2, 0) is 6.42 Å². The Bertz CT molecular complexity index is 824. The van der Waals surface area contributed by atoms with E-state index < -0.39 is 0 Å². The van der Waals surface area contributed by atoms with Gasteiger partial charge in [-0.2, -0.15) is 5.26 Å². The summed E-state index contributed by atoms with van der Waals surface area (Å²) in [6, 6.07) is 12.6. The molecule has 3 rings (SSSR count). The lowest BCUT2D eigenvalue weighted by Crippen LogP contribution is -2.27. The number of hydrogen-bond donors (Lipinski definition) is 1. The van der Waals surface area contributed by atoms with Gasteiger partial charge in [-0.15, -0.1) is 0 Å². The van der Waals surface area contributed by atoms with Gasteiger partial charge in [0.15, 0.2) is 11.5 Å². The third-order valence-corrected chi connectivity index (χ3v) is 4.28. The van der Waals surface area contributed by atoms with Crippen molar-refractivity contribution in [2.45, 2.75) is 18.9 Å². The molecule has 0 fully saturated rings. The monoisotopic (exact) mass is 322 g/mol. The summed E-state index contributed by atoms with van der Waals surface area (Å²) in [5, 5.41) is 12.0. The van der Waals surface area contributed by atoms with E-state index >= 15 is 0 Å². The Labute approximate surface area is 140 Å². The SMILES string of the molecule is COc1cc2c(cc1OC)C(NC(=O)c1cccc(C#N)c1)CC2. The molecule has 1 N–H and O–H groups in total. The van der Waals surface area contributed by atoms with E-state index in [1.165, 1.54) is 0 Å². The third kappa shape index (κ3) is 2.91. The molecule has 0 bridgehead atoms. The van der Waals surface area contributed by atoms with Crippen molar-refractivity contribution in [1.82, 2.24) is 5.32 Å². The second kappa shape index (κ2) is 6.63. The number of nitrogens with zero attached hydrogens (tertiary/aromatic N) is 1. The van der Waals surface area contributed by atoms with Crippen LogP contribution in [0.5, 0.6) is 11.5 Å². The summed E-state index contributed by atoms with van der Waals surface area (Å²) in [6.07, 6.45) is 1.70. The number of methoxy groups -OCH3 is 2. The van der Waals surface area contributed by atoms with Crippen LogP contribution in [0.1, 0.15) is 39.5 Å². The number of nitrogens with one attached hydrogen (secondary N) is 1. The van der Waals surface area contributed by atoms with Gasteiger partial charge in [0.2, 0.25) is 0 Å². The third-order valence-electron chi connectivity index (χ3n) is 4.28. The first-order valence-corrected chi connectivity index (χ1v) is 7.72. The molecule has 0 aliphatic heterocycles. The van der Waals surface area contributed by atoms with E-state index in [9.17, 15) is 4.79 Å². The molecule has 2 aromatic rings. The molecular formula is C19H18N2O3. The van der Waals surface area contributed by atoms with E-state index in [0.29, 0.717) is 22.6 Å². The van der Waals surface area contributed by atoms with E-state index in [4.69, 9.17) is 14.7 Å². The van der Waals surface area contributed by atoms with Crippen molar-refractivity contribution in [3.63, 3.8) is 0 Å². The second-order valence-electron chi connectivity index (χ2n) is 5.66. The van der Waals surface area contributed by atoms with Crippen LogP contribution in [0.4, 0.5) is 0 Å². The fourth-order valence-corrected chi connectivity index (χ4v) is 3.05. The number of aryl methyl sites for hydroxylation is 1. The quantitative estimate of drug-likeness (QED) is 0.939. The maximum Gasteiger partial charge on any atom is 0.251 e. The van der Waals surface area contributed by atoms with Gasteiger partial charge in [-0.05, 0) is 54.3 Å². The van der Waals surface area contributed by atoms with Crippen LogP contribution in [-0.4, -0.2) is 20.1 Å². The normalized spacial score (nSPS) is 15.3. The molecule has 122 valence electrons. The lowest BCUT2D eigenvalue weighted by molar-refractivity contribution is 0.0936. The number of carbonyl (C=O) groups is 1. The minimum atomic E-state index is -0.181. The molecule has 1 atom stereocenters. The second-order valence-corrected chi connectivity index (χ2v) is 5.66. The summed E-state index contributed by atoms with van der Waals surface area (Å²) in [5.74, 6) is 1.17. The molecule has 2 aromatic carbocycles. The molecule has 0 radical (unpaired) electrons. The van der Waals surface area contributed by atoms with Crippen LogP contribution < -0.4 is 14.8 Å². The van der Waals surface area contributed by atoms with Crippen LogP contribution in [0.3, 0.4) is 0 Å². The first-order valence-electron chi connectivity index (χ1n) is 7.72. The molecule has 24 heavy (non-hydrogen) atoms. The Kier molecular flexibility index (Phi) is 4.39. The summed E-state index contributed by atoms with van der Waals surface area (Å²) >= 11 is 0. The van der Waals surface area contributed by atoms with Gasteiger partial charge in [0.05, 0.1) is 31.9 Å². The smallest absolute Gasteiger partial charge is 0.251 e. The van der Waals surface area contributed by atoms with E-state index in [1.54, 1.807) is 38.5 Å².